The van der Waals surface area contributed by atoms with Crippen molar-refractivity contribution in [1.82, 2.24) is 4.98 Å². The molecule has 1 heterocycles. The number of nitrogens with zero attached hydrogens (tertiary/aromatic N) is 1. The molecule has 1 N–H and O–H groups in total. The lowest BCUT2D eigenvalue weighted by molar-refractivity contribution is -0.136. The minimum absolute atomic E-state index is 0.666. The number of thioether (sulfide) groups is 1. The van der Waals surface area contributed by atoms with E-state index in [-0.39, 0.29) is 0 Å². The molecule has 1 atom stereocenters. The molecular weight excluding hydrogens is 350 g/mol. The number of benzene rings is 2. The first-order valence-electron chi connectivity index (χ1n) is 6.79. The summed E-state index contributed by atoms with van der Waals surface area (Å²) >= 11 is 8.58. The number of hydrogen-bond acceptors (Lipinski definition) is 4. The van der Waals surface area contributed by atoms with Crippen LogP contribution in [-0.2, 0) is 4.79 Å². The van der Waals surface area contributed by atoms with Gasteiger partial charge in [0.1, 0.15) is 5.25 Å². The summed E-state index contributed by atoms with van der Waals surface area (Å²) in [6.07, 6.45) is 0. The van der Waals surface area contributed by atoms with Gasteiger partial charge in [-0.05, 0) is 17.7 Å². The lowest BCUT2D eigenvalue weighted by Crippen LogP contribution is -2.07. The fraction of sp³-hybridized carbons (Fsp3) is 0.0588. The van der Waals surface area contributed by atoms with Crippen LogP contribution in [0.2, 0.25) is 5.02 Å². The van der Waals surface area contributed by atoms with E-state index in [2.05, 4.69) is 4.98 Å². The number of aromatic nitrogens is 1. The average Bonchev–Trinajstić information content (AvgIpc) is 3.02. The largest absolute Gasteiger partial charge is 0.480 e. The first kappa shape index (κ1) is 16.1. The van der Waals surface area contributed by atoms with Gasteiger partial charge in [0.15, 0.2) is 4.34 Å². The van der Waals surface area contributed by atoms with Gasteiger partial charge in [-0.25, -0.2) is 4.98 Å². The zero-order valence-electron chi connectivity index (χ0n) is 11.8. The van der Waals surface area contributed by atoms with Crippen molar-refractivity contribution < 1.29 is 9.90 Å². The number of carbonyl (C=O) groups is 1. The fourth-order valence-electron chi connectivity index (χ4n) is 2.05. The van der Waals surface area contributed by atoms with E-state index in [0.717, 1.165) is 21.2 Å². The molecule has 0 bridgehead atoms. The highest BCUT2D eigenvalue weighted by Crippen LogP contribution is 2.38. The van der Waals surface area contributed by atoms with Crippen molar-refractivity contribution in [2.75, 3.05) is 0 Å². The topological polar surface area (TPSA) is 50.2 Å². The van der Waals surface area contributed by atoms with Gasteiger partial charge >= 0.3 is 5.97 Å². The molecule has 0 fully saturated rings. The molecule has 0 aliphatic heterocycles. The van der Waals surface area contributed by atoms with E-state index < -0.39 is 11.2 Å². The monoisotopic (exact) mass is 361 g/mol. The van der Waals surface area contributed by atoms with Crippen molar-refractivity contribution in [3.8, 4) is 11.3 Å². The Morgan fingerprint density at radius 3 is 2.48 bits per heavy atom. The Bertz CT molecular complexity index is 803. The summed E-state index contributed by atoms with van der Waals surface area (Å²) in [5.74, 6) is -0.871. The quantitative estimate of drug-likeness (QED) is 0.619. The predicted molar refractivity (Wildman–Crippen MR) is 95.2 cm³/mol. The van der Waals surface area contributed by atoms with Crippen LogP contribution in [0.3, 0.4) is 0 Å². The Kier molecular flexibility index (Phi) is 5.00. The summed E-state index contributed by atoms with van der Waals surface area (Å²) in [5.41, 5.74) is 2.55. The summed E-state index contributed by atoms with van der Waals surface area (Å²) in [7, 11) is 0. The second-order valence-electron chi connectivity index (χ2n) is 4.75. The van der Waals surface area contributed by atoms with Crippen LogP contribution in [0.1, 0.15) is 10.8 Å². The molecule has 0 saturated carbocycles. The van der Waals surface area contributed by atoms with E-state index in [1.54, 1.807) is 0 Å². The molecule has 6 heteroatoms. The number of halogens is 1. The molecule has 23 heavy (non-hydrogen) atoms. The van der Waals surface area contributed by atoms with E-state index in [4.69, 9.17) is 11.6 Å². The van der Waals surface area contributed by atoms with E-state index in [0.29, 0.717) is 5.02 Å². The van der Waals surface area contributed by atoms with E-state index in [1.165, 1.54) is 23.1 Å². The van der Waals surface area contributed by atoms with Crippen LogP contribution in [0.4, 0.5) is 0 Å². The zero-order chi connectivity index (χ0) is 16.2. The molecule has 1 unspecified atom stereocenters. The van der Waals surface area contributed by atoms with E-state index in [1.807, 2.05) is 60.0 Å². The summed E-state index contributed by atoms with van der Waals surface area (Å²) in [6.45, 7) is 0. The fourth-order valence-corrected chi connectivity index (χ4v) is 4.13. The maximum atomic E-state index is 11.6. The smallest absolute Gasteiger partial charge is 0.321 e. The third-order valence-corrected chi connectivity index (χ3v) is 5.63. The molecule has 0 radical (unpaired) electrons. The molecule has 3 rings (SSSR count). The van der Waals surface area contributed by atoms with Crippen LogP contribution in [-0.4, -0.2) is 16.1 Å². The zero-order valence-corrected chi connectivity index (χ0v) is 14.2. The van der Waals surface area contributed by atoms with Crippen LogP contribution < -0.4 is 0 Å². The number of hydrogen-bond donors (Lipinski definition) is 1. The summed E-state index contributed by atoms with van der Waals surface area (Å²) in [6, 6.07) is 16.6. The highest BCUT2D eigenvalue weighted by Gasteiger charge is 2.22. The van der Waals surface area contributed by atoms with Crippen molar-refractivity contribution in [1.29, 1.82) is 0 Å². The van der Waals surface area contributed by atoms with E-state index >= 15 is 0 Å². The third-order valence-electron chi connectivity index (χ3n) is 3.17. The van der Waals surface area contributed by atoms with Crippen LogP contribution in [0.25, 0.3) is 11.3 Å². The average molecular weight is 362 g/mol. The molecule has 2 aromatic carbocycles. The maximum absolute atomic E-state index is 11.6. The van der Waals surface area contributed by atoms with Gasteiger partial charge in [0.2, 0.25) is 0 Å². The Labute approximate surface area is 147 Å². The standard InChI is InChI=1S/C17H12ClNO2S2/c18-13-8-6-11(7-9-13)14-10-22-17(19-14)23-15(16(20)21)12-4-2-1-3-5-12/h1-10,15H,(H,20,21). The predicted octanol–water partition coefficient (Wildman–Crippen LogP) is 5.38. The molecule has 3 aromatic rings. The molecule has 0 saturated heterocycles. The lowest BCUT2D eigenvalue weighted by Gasteiger charge is -2.10. The second-order valence-corrected chi connectivity index (χ2v) is 7.40. The maximum Gasteiger partial charge on any atom is 0.321 e. The van der Waals surface area contributed by atoms with Crippen molar-refractivity contribution in [2.24, 2.45) is 0 Å². The molecule has 1 aromatic heterocycles. The molecule has 0 amide bonds. The van der Waals surface area contributed by atoms with Gasteiger partial charge in [0, 0.05) is 16.0 Å². The first-order chi connectivity index (χ1) is 11.1. The number of thiazole rings is 1. The van der Waals surface area contributed by atoms with Gasteiger partial charge in [-0.1, -0.05) is 65.8 Å². The summed E-state index contributed by atoms with van der Waals surface area (Å²) in [4.78, 5) is 16.1. The summed E-state index contributed by atoms with van der Waals surface area (Å²) in [5, 5.41) is 11.4. The second kappa shape index (κ2) is 7.17. The van der Waals surface area contributed by atoms with Gasteiger partial charge in [0.25, 0.3) is 0 Å². The van der Waals surface area contributed by atoms with Crippen molar-refractivity contribution in [2.45, 2.75) is 9.59 Å². The van der Waals surface area contributed by atoms with Crippen molar-refractivity contribution >= 4 is 40.7 Å². The third kappa shape index (κ3) is 3.93. The van der Waals surface area contributed by atoms with Gasteiger partial charge in [0.05, 0.1) is 5.69 Å². The van der Waals surface area contributed by atoms with Crippen LogP contribution in [0.15, 0.2) is 64.3 Å². The highest BCUT2D eigenvalue weighted by atomic mass is 35.5. The molecule has 0 spiro atoms. The Morgan fingerprint density at radius 2 is 1.83 bits per heavy atom. The van der Waals surface area contributed by atoms with Crippen LogP contribution in [0, 0.1) is 0 Å². The van der Waals surface area contributed by atoms with Gasteiger partial charge in [-0.15, -0.1) is 11.3 Å². The Hall–Kier alpha value is -1.82. The van der Waals surface area contributed by atoms with Crippen LogP contribution in [0.5, 0.6) is 0 Å². The lowest BCUT2D eigenvalue weighted by atomic mass is 10.1. The van der Waals surface area contributed by atoms with Gasteiger partial charge in [-0.2, -0.15) is 0 Å². The Morgan fingerprint density at radius 1 is 1.13 bits per heavy atom. The normalized spacial score (nSPS) is 12.0. The Balaban J connectivity index is 1.82. The van der Waals surface area contributed by atoms with Crippen molar-refractivity contribution in [3.05, 3.63) is 70.6 Å². The number of carboxylic acids is 1. The molecular formula is C17H12ClNO2S2. The number of aliphatic carboxylic acids is 1. The molecule has 0 aliphatic carbocycles. The van der Waals surface area contributed by atoms with Gasteiger partial charge in [-0.3, -0.25) is 4.79 Å². The molecule has 116 valence electrons. The SMILES string of the molecule is O=C(O)C(Sc1nc(-c2ccc(Cl)cc2)cs1)c1ccccc1. The highest BCUT2D eigenvalue weighted by molar-refractivity contribution is 8.01. The minimum Gasteiger partial charge on any atom is -0.480 e. The molecule has 3 nitrogen and oxygen atoms in total. The minimum atomic E-state index is -0.871. The van der Waals surface area contributed by atoms with Gasteiger partial charge < -0.3 is 5.11 Å². The van der Waals surface area contributed by atoms with E-state index in [9.17, 15) is 9.90 Å². The molecule has 0 aliphatic rings. The number of carboxylic acid groups (broad SMARTS) is 1. The first-order valence-corrected chi connectivity index (χ1v) is 8.93. The summed E-state index contributed by atoms with van der Waals surface area (Å²) < 4.78 is 0.728. The van der Waals surface area contributed by atoms with Crippen molar-refractivity contribution in [3.63, 3.8) is 0 Å². The number of rotatable bonds is 5. The van der Waals surface area contributed by atoms with Crippen LogP contribution >= 0.6 is 34.7 Å².